The molecule has 8 aromatic carbocycles. The van der Waals surface area contributed by atoms with Gasteiger partial charge in [0.1, 0.15) is 0 Å². The van der Waals surface area contributed by atoms with E-state index < -0.39 is 0 Å². The highest BCUT2D eigenvalue weighted by Crippen LogP contribution is 2.42. The summed E-state index contributed by atoms with van der Waals surface area (Å²) >= 11 is 0. The van der Waals surface area contributed by atoms with E-state index in [4.69, 9.17) is 19.9 Å². The van der Waals surface area contributed by atoms with Crippen molar-refractivity contribution in [1.29, 1.82) is 0 Å². The van der Waals surface area contributed by atoms with Crippen molar-refractivity contribution in [2.24, 2.45) is 0 Å². The number of pyridine rings is 1. The van der Waals surface area contributed by atoms with Gasteiger partial charge in [-0.05, 0) is 53.6 Å². The summed E-state index contributed by atoms with van der Waals surface area (Å²) in [6.07, 6.45) is 0. The van der Waals surface area contributed by atoms with Crippen LogP contribution in [0, 0.1) is 0 Å². The number of nitrogens with zero attached hydrogens (tertiary/aromatic N) is 6. The highest BCUT2D eigenvalue weighted by Gasteiger charge is 2.23. The number of benzene rings is 8. The second-order valence-corrected chi connectivity index (χ2v) is 15.5. The lowest BCUT2D eigenvalue weighted by Gasteiger charge is -2.13. The van der Waals surface area contributed by atoms with Crippen LogP contribution < -0.4 is 0 Å². The van der Waals surface area contributed by atoms with Crippen LogP contribution >= 0.6 is 0 Å². The van der Waals surface area contributed by atoms with E-state index in [1.165, 1.54) is 16.5 Å². The fourth-order valence-corrected chi connectivity index (χ4v) is 8.90. The molecule has 290 valence electrons. The molecule has 0 aliphatic heterocycles. The van der Waals surface area contributed by atoms with Crippen LogP contribution in [0.15, 0.2) is 218 Å². The fourth-order valence-electron chi connectivity index (χ4n) is 8.90. The van der Waals surface area contributed by atoms with Crippen molar-refractivity contribution in [3.8, 4) is 68.1 Å². The molecule has 0 bridgehead atoms. The van der Waals surface area contributed by atoms with Crippen molar-refractivity contribution < 1.29 is 0 Å². The van der Waals surface area contributed by atoms with Gasteiger partial charge in [-0.1, -0.05) is 176 Å². The minimum atomic E-state index is 0.559. The fraction of sp³-hybridized carbons (Fsp3) is 0. The highest BCUT2D eigenvalue weighted by molar-refractivity contribution is 6.23. The van der Waals surface area contributed by atoms with Crippen LogP contribution in [0.3, 0.4) is 0 Å². The summed E-state index contributed by atoms with van der Waals surface area (Å²) in [5, 5.41) is 4.56. The molecule has 0 N–H and O–H groups in total. The molecular formula is C56H36N6. The van der Waals surface area contributed by atoms with Crippen LogP contribution in [0.4, 0.5) is 0 Å². The molecule has 12 aromatic rings. The monoisotopic (exact) mass is 792 g/mol. The SMILES string of the molecule is c1ccc(-c2cccc(-c3cccc(-c4ccc(-n5c6ccccc6c6ccc7c8ccccc8n(-c8nc(-c9ccccc9)nc(-c9ccccc9)n8)c7c65)cc4)n3)c2)cc1. The number of hydrogen-bond donors (Lipinski definition) is 0. The number of rotatable bonds is 7. The molecule has 6 heteroatoms. The van der Waals surface area contributed by atoms with E-state index in [2.05, 4.69) is 185 Å². The third-order valence-electron chi connectivity index (χ3n) is 11.8. The van der Waals surface area contributed by atoms with E-state index in [1.54, 1.807) is 0 Å². The minimum Gasteiger partial charge on any atom is -0.307 e. The van der Waals surface area contributed by atoms with Crippen molar-refractivity contribution in [2.45, 2.75) is 0 Å². The highest BCUT2D eigenvalue weighted by atomic mass is 15.2. The van der Waals surface area contributed by atoms with E-state index in [9.17, 15) is 0 Å². The van der Waals surface area contributed by atoms with Gasteiger partial charge in [0.05, 0.1) is 33.5 Å². The second-order valence-electron chi connectivity index (χ2n) is 15.5. The van der Waals surface area contributed by atoms with E-state index in [-0.39, 0.29) is 0 Å². The molecule has 6 nitrogen and oxygen atoms in total. The van der Waals surface area contributed by atoms with Gasteiger partial charge in [0.25, 0.3) is 0 Å². The molecule has 0 radical (unpaired) electrons. The first-order valence-electron chi connectivity index (χ1n) is 20.8. The summed E-state index contributed by atoms with van der Waals surface area (Å²) in [6, 6.07) is 76.2. The Hall–Kier alpha value is -8.48. The van der Waals surface area contributed by atoms with Crippen LogP contribution in [-0.2, 0) is 0 Å². The normalized spacial score (nSPS) is 11.5. The van der Waals surface area contributed by atoms with Crippen molar-refractivity contribution in [2.75, 3.05) is 0 Å². The quantitative estimate of drug-likeness (QED) is 0.161. The average Bonchev–Trinajstić information content (AvgIpc) is 3.88. The maximum absolute atomic E-state index is 5.25. The molecule has 4 heterocycles. The van der Waals surface area contributed by atoms with Crippen molar-refractivity contribution >= 4 is 43.6 Å². The number of para-hydroxylation sites is 2. The Morgan fingerprint density at radius 1 is 0.274 bits per heavy atom. The summed E-state index contributed by atoms with van der Waals surface area (Å²) in [5.41, 5.74) is 13.5. The Morgan fingerprint density at radius 2 is 0.742 bits per heavy atom. The molecule has 0 saturated carbocycles. The molecule has 4 aromatic heterocycles. The molecule has 62 heavy (non-hydrogen) atoms. The van der Waals surface area contributed by atoms with Crippen molar-refractivity contribution in [1.82, 2.24) is 29.1 Å². The molecular weight excluding hydrogens is 757 g/mol. The number of aromatic nitrogens is 6. The molecule has 0 aliphatic carbocycles. The topological polar surface area (TPSA) is 61.4 Å². The van der Waals surface area contributed by atoms with Gasteiger partial charge < -0.3 is 4.57 Å². The van der Waals surface area contributed by atoms with Crippen LogP contribution in [0.25, 0.3) is 112 Å². The Morgan fingerprint density at radius 3 is 1.35 bits per heavy atom. The van der Waals surface area contributed by atoms with Crippen LogP contribution in [0.5, 0.6) is 0 Å². The summed E-state index contributed by atoms with van der Waals surface area (Å²) in [4.78, 5) is 20.7. The molecule has 0 spiro atoms. The van der Waals surface area contributed by atoms with Gasteiger partial charge in [-0.2, -0.15) is 9.97 Å². The molecule has 0 saturated heterocycles. The maximum Gasteiger partial charge on any atom is 0.238 e. The van der Waals surface area contributed by atoms with Gasteiger partial charge in [-0.3, -0.25) is 4.57 Å². The summed E-state index contributed by atoms with van der Waals surface area (Å²) < 4.78 is 4.63. The van der Waals surface area contributed by atoms with Gasteiger partial charge >= 0.3 is 0 Å². The first-order valence-corrected chi connectivity index (χ1v) is 20.8. The molecule has 0 amide bonds. The van der Waals surface area contributed by atoms with Gasteiger partial charge in [-0.15, -0.1) is 0 Å². The van der Waals surface area contributed by atoms with Crippen LogP contribution in [-0.4, -0.2) is 29.1 Å². The van der Waals surface area contributed by atoms with E-state index in [0.29, 0.717) is 17.6 Å². The van der Waals surface area contributed by atoms with Gasteiger partial charge in [0, 0.05) is 49.5 Å². The lowest BCUT2D eigenvalue weighted by atomic mass is 10.0. The van der Waals surface area contributed by atoms with Gasteiger partial charge in [0.15, 0.2) is 11.6 Å². The number of fused-ring (bicyclic) bond motifs is 7. The lowest BCUT2D eigenvalue weighted by molar-refractivity contribution is 0.953. The van der Waals surface area contributed by atoms with Gasteiger partial charge in [0.2, 0.25) is 5.95 Å². The molecule has 0 unspecified atom stereocenters. The molecule has 12 rings (SSSR count). The average molecular weight is 793 g/mol. The first-order chi connectivity index (χ1) is 30.7. The zero-order valence-electron chi connectivity index (χ0n) is 33.5. The smallest absolute Gasteiger partial charge is 0.238 e. The summed E-state index contributed by atoms with van der Waals surface area (Å²) in [6.45, 7) is 0. The molecule has 0 atom stereocenters. The van der Waals surface area contributed by atoms with Crippen molar-refractivity contribution in [3.05, 3.63) is 218 Å². The zero-order chi connectivity index (χ0) is 41.0. The summed E-state index contributed by atoms with van der Waals surface area (Å²) in [5.74, 6) is 1.79. The zero-order valence-corrected chi connectivity index (χ0v) is 33.5. The van der Waals surface area contributed by atoms with Crippen LogP contribution in [0.1, 0.15) is 0 Å². The van der Waals surface area contributed by atoms with Crippen molar-refractivity contribution in [3.63, 3.8) is 0 Å². The second kappa shape index (κ2) is 14.7. The molecule has 0 fully saturated rings. The van der Waals surface area contributed by atoms with E-state index in [0.717, 1.165) is 77.6 Å². The van der Waals surface area contributed by atoms with E-state index in [1.807, 2.05) is 42.5 Å². The number of hydrogen-bond acceptors (Lipinski definition) is 4. The first kappa shape index (κ1) is 35.5. The minimum absolute atomic E-state index is 0.559. The Balaban J connectivity index is 1.05. The maximum atomic E-state index is 5.25. The standard InChI is InChI=1S/C56H36N6/c1-4-16-37(17-5-1)41-22-14-23-42(36-41)49-27-15-26-48(57-49)38-30-32-43(33-31-38)61-50-28-12-10-24-44(50)46-34-35-47-45-25-11-13-29-51(45)62(53(47)52(46)61)56-59-54(39-18-6-2-7-19-39)58-55(60-56)40-20-8-3-9-21-40/h1-36H. The van der Waals surface area contributed by atoms with E-state index >= 15 is 0 Å². The predicted molar refractivity (Wildman–Crippen MR) is 253 cm³/mol. The Kier molecular flexibility index (Phi) is 8.38. The molecule has 0 aliphatic rings. The Labute approximate surface area is 357 Å². The largest absolute Gasteiger partial charge is 0.307 e. The third-order valence-corrected chi connectivity index (χ3v) is 11.8. The Bertz CT molecular complexity index is 3550. The summed E-state index contributed by atoms with van der Waals surface area (Å²) in [7, 11) is 0. The lowest BCUT2D eigenvalue weighted by Crippen LogP contribution is -2.07. The van der Waals surface area contributed by atoms with Crippen LogP contribution in [0.2, 0.25) is 0 Å². The van der Waals surface area contributed by atoms with Gasteiger partial charge in [-0.25, -0.2) is 9.97 Å². The predicted octanol–water partition coefficient (Wildman–Crippen LogP) is 13.8. The third kappa shape index (κ3) is 5.96.